The van der Waals surface area contributed by atoms with Crippen LogP contribution in [0.25, 0.3) is 5.76 Å². The van der Waals surface area contributed by atoms with Crippen molar-refractivity contribution < 1.29 is 14.3 Å². The van der Waals surface area contributed by atoms with Crippen LogP contribution in [0.4, 0.5) is 0 Å². The molecular formula is C28H26O3. The molecule has 2 aliphatic rings. The number of carbonyl (C=O) groups excluding carboxylic acids is 1. The van der Waals surface area contributed by atoms with E-state index in [4.69, 9.17) is 9.47 Å². The molecule has 0 bridgehead atoms. The lowest BCUT2D eigenvalue weighted by Gasteiger charge is -2.34. The number of aryl methyl sites for hydroxylation is 1. The van der Waals surface area contributed by atoms with Gasteiger partial charge in [-0.3, -0.25) is 4.79 Å². The van der Waals surface area contributed by atoms with Gasteiger partial charge in [-0.1, -0.05) is 90.5 Å². The molecule has 3 aromatic rings. The minimum Gasteiger partial charge on any atom is -0.461 e. The molecule has 0 N–H and O–H groups in total. The Kier molecular flexibility index (Phi) is 4.42. The van der Waals surface area contributed by atoms with Gasteiger partial charge in [0.15, 0.2) is 0 Å². The summed E-state index contributed by atoms with van der Waals surface area (Å²) in [6.45, 7) is 5.60. The molecule has 2 aliphatic heterocycles. The topological polar surface area (TPSA) is 35.5 Å². The van der Waals surface area contributed by atoms with Crippen LogP contribution in [0.15, 0.2) is 91.0 Å². The van der Waals surface area contributed by atoms with Crippen LogP contribution in [0, 0.1) is 12.3 Å². The van der Waals surface area contributed by atoms with Crippen LogP contribution in [0.5, 0.6) is 0 Å². The molecule has 2 atom stereocenters. The normalized spacial score (nSPS) is 26.1. The van der Waals surface area contributed by atoms with Crippen molar-refractivity contribution in [2.24, 2.45) is 5.41 Å². The summed E-state index contributed by atoms with van der Waals surface area (Å²) in [7, 11) is 0. The summed E-state index contributed by atoms with van der Waals surface area (Å²) in [4.78, 5) is 13.2. The summed E-state index contributed by atoms with van der Waals surface area (Å²) in [5.74, 6) is -0.358. The molecule has 0 amide bonds. The van der Waals surface area contributed by atoms with Gasteiger partial charge in [0.1, 0.15) is 22.6 Å². The lowest BCUT2D eigenvalue weighted by Crippen LogP contribution is -2.44. The van der Waals surface area contributed by atoms with Gasteiger partial charge in [0, 0.05) is 18.9 Å². The van der Waals surface area contributed by atoms with E-state index in [0.717, 1.165) is 16.7 Å². The molecule has 0 aliphatic carbocycles. The zero-order valence-electron chi connectivity index (χ0n) is 18.1. The van der Waals surface area contributed by atoms with Crippen molar-refractivity contribution in [2.45, 2.75) is 38.6 Å². The molecule has 2 heterocycles. The van der Waals surface area contributed by atoms with E-state index < -0.39 is 16.8 Å². The molecule has 31 heavy (non-hydrogen) atoms. The Bertz CT molecular complexity index is 1110. The average molecular weight is 411 g/mol. The van der Waals surface area contributed by atoms with Crippen LogP contribution in [0.3, 0.4) is 0 Å². The summed E-state index contributed by atoms with van der Waals surface area (Å²) >= 11 is 0. The first-order valence-corrected chi connectivity index (χ1v) is 10.7. The second kappa shape index (κ2) is 6.93. The van der Waals surface area contributed by atoms with Gasteiger partial charge < -0.3 is 9.47 Å². The minimum atomic E-state index is -1.11. The van der Waals surface area contributed by atoms with Gasteiger partial charge in [-0.25, -0.2) is 0 Å². The molecule has 3 heteroatoms. The number of carbonyl (C=O) groups is 1. The summed E-state index contributed by atoms with van der Waals surface area (Å²) in [5.41, 5.74) is 2.50. The number of fused-ring (bicyclic) bond motifs is 1. The molecule has 3 aromatic carbocycles. The molecule has 156 valence electrons. The first-order valence-electron chi connectivity index (χ1n) is 10.7. The van der Waals surface area contributed by atoms with Gasteiger partial charge in [-0.05, 0) is 31.1 Å². The highest BCUT2D eigenvalue weighted by atomic mass is 16.7. The highest BCUT2D eigenvalue weighted by molar-refractivity contribution is 5.90. The zero-order chi connectivity index (χ0) is 21.7. The highest BCUT2D eigenvalue weighted by Crippen LogP contribution is 2.63. The van der Waals surface area contributed by atoms with E-state index >= 15 is 0 Å². The van der Waals surface area contributed by atoms with Gasteiger partial charge in [0.25, 0.3) is 0 Å². The molecular weight excluding hydrogens is 384 g/mol. The number of rotatable bonds is 4. The van der Waals surface area contributed by atoms with Crippen molar-refractivity contribution in [3.05, 3.63) is 113 Å². The van der Waals surface area contributed by atoms with E-state index in [1.165, 1.54) is 5.56 Å². The molecule has 0 saturated carbocycles. The van der Waals surface area contributed by atoms with Gasteiger partial charge in [-0.2, -0.15) is 0 Å². The van der Waals surface area contributed by atoms with Crippen LogP contribution in [-0.2, 0) is 19.9 Å². The summed E-state index contributed by atoms with van der Waals surface area (Å²) < 4.78 is 13.4. The zero-order valence-corrected chi connectivity index (χ0v) is 18.1. The summed E-state index contributed by atoms with van der Waals surface area (Å²) in [6, 6.07) is 28.4. The largest absolute Gasteiger partial charge is 0.461 e. The number of hydrogen-bond donors (Lipinski definition) is 0. The fourth-order valence-electron chi connectivity index (χ4n) is 5.08. The standard InChI is InChI=1S/C28H26O3/c1-20-14-16-22(17-15-20)25-18-27(21(2)29)19-28(31-26(27,3)30-25,23-10-6-4-7-11-23)24-12-8-5-9-13-24/h4-18H,19H2,1-3H3/t26-,27+/m0/s1. The maximum absolute atomic E-state index is 13.2. The molecule has 0 unspecified atom stereocenters. The third kappa shape index (κ3) is 2.88. The Balaban J connectivity index is 1.68. The van der Waals surface area contributed by atoms with Crippen molar-refractivity contribution in [1.29, 1.82) is 0 Å². The number of benzene rings is 3. The van der Waals surface area contributed by atoms with Gasteiger partial charge >= 0.3 is 0 Å². The highest BCUT2D eigenvalue weighted by Gasteiger charge is 2.69. The van der Waals surface area contributed by atoms with Gasteiger partial charge in [-0.15, -0.1) is 0 Å². The van der Waals surface area contributed by atoms with E-state index in [-0.39, 0.29) is 5.78 Å². The maximum Gasteiger partial charge on any atom is 0.225 e. The predicted octanol–water partition coefficient (Wildman–Crippen LogP) is 6.02. The summed E-state index contributed by atoms with van der Waals surface area (Å²) in [5, 5.41) is 0. The lowest BCUT2D eigenvalue weighted by atomic mass is 9.70. The number of ketones is 1. The fraction of sp³-hybridized carbons (Fsp3) is 0.250. The Morgan fingerprint density at radius 3 is 1.87 bits per heavy atom. The van der Waals surface area contributed by atoms with Crippen LogP contribution >= 0.6 is 0 Å². The maximum atomic E-state index is 13.2. The first-order chi connectivity index (χ1) is 14.9. The van der Waals surface area contributed by atoms with Crippen molar-refractivity contribution in [1.82, 2.24) is 0 Å². The van der Waals surface area contributed by atoms with Crippen LogP contribution in [0.2, 0.25) is 0 Å². The van der Waals surface area contributed by atoms with Crippen molar-refractivity contribution in [3.63, 3.8) is 0 Å². The van der Waals surface area contributed by atoms with E-state index in [1.54, 1.807) is 6.92 Å². The number of Topliss-reactive ketones (excluding diaryl/α,β-unsaturated/α-hetero) is 1. The quantitative estimate of drug-likeness (QED) is 0.527. The van der Waals surface area contributed by atoms with E-state index in [0.29, 0.717) is 12.2 Å². The second-order valence-electron chi connectivity index (χ2n) is 8.79. The Hall–Kier alpha value is -3.17. The Morgan fingerprint density at radius 1 is 0.839 bits per heavy atom. The molecule has 0 aromatic heterocycles. The van der Waals surface area contributed by atoms with Crippen LogP contribution in [-0.4, -0.2) is 11.6 Å². The van der Waals surface area contributed by atoms with Crippen LogP contribution < -0.4 is 0 Å². The molecule has 0 spiro atoms. The average Bonchev–Trinajstić information content (AvgIpc) is 3.22. The monoisotopic (exact) mass is 410 g/mol. The molecule has 0 radical (unpaired) electrons. The van der Waals surface area contributed by atoms with E-state index in [2.05, 4.69) is 43.3 Å². The molecule has 5 rings (SSSR count). The Morgan fingerprint density at radius 2 is 1.39 bits per heavy atom. The smallest absolute Gasteiger partial charge is 0.225 e. The lowest BCUT2D eigenvalue weighted by molar-refractivity contribution is -0.218. The van der Waals surface area contributed by atoms with Crippen LogP contribution in [0.1, 0.15) is 42.5 Å². The van der Waals surface area contributed by atoms with Gasteiger partial charge in [0.05, 0.1) is 0 Å². The van der Waals surface area contributed by atoms with E-state index in [9.17, 15) is 4.79 Å². The molecule has 1 saturated heterocycles. The third-order valence-corrected chi connectivity index (χ3v) is 6.83. The fourth-order valence-corrected chi connectivity index (χ4v) is 5.08. The van der Waals surface area contributed by atoms with Crippen molar-refractivity contribution in [2.75, 3.05) is 0 Å². The minimum absolute atomic E-state index is 0.0471. The summed E-state index contributed by atoms with van der Waals surface area (Å²) in [6.07, 6.45) is 2.48. The van der Waals surface area contributed by atoms with Crippen molar-refractivity contribution >= 4 is 11.5 Å². The first kappa shape index (κ1) is 19.8. The molecule has 1 fully saturated rings. The van der Waals surface area contributed by atoms with E-state index in [1.807, 2.05) is 61.5 Å². The second-order valence-corrected chi connectivity index (χ2v) is 8.79. The number of ether oxygens (including phenoxy) is 2. The van der Waals surface area contributed by atoms with Crippen molar-refractivity contribution in [3.8, 4) is 0 Å². The predicted molar refractivity (Wildman–Crippen MR) is 121 cm³/mol. The molecule has 3 nitrogen and oxygen atoms in total. The van der Waals surface area contributed by atoms with Gasteiger partial charge in [0.2, 0.25) is 5.79 Å². The Labute approximate surface area is 183 Å². The third-order valence-electron chi connectivity index (χ3n) is 6.83. The number of hydrogen-bond acceptors (Lipinski definition) is 3. The SMILES string of the molecule is CC(=O)[C@]12C=C(c3ccc(C)cc3)O[C@@]1(C)OC(c1ccccc1)(c1ccccc1)C2.